The maximum atomic E-state index is 12.1. The number of ether oxygens (including phenoxy) is 1. The Hall–Kier alpha value is -1.15. The summed E-state index contributed by atoms with van der Waals surface area (Å²) < 4.78 is 31.8. The molecule has 1 fully saturated rings. The summed E-state index contributed by atoms with van der Waals surface area (Å²) in [7, 11) is -1.88. The highest BCUT2D eigenvalue weighted by molar-refractivity contribution is 7.89. The predicted octanol–water partition coefficient (Wildman–Crippen LogP) is -0.121. The van der Waals surface area contributed by atoms with E-state index >= 15 is 0 Å². The van der Waals surface area contributed by atoms with Crippen molar-refractivity contribution in [3.05, 3.63) is 24.3 Å². The molecule has 1 aromatic carbocycles. The van der Waals surface area contributed by atoms with Gasteiger partial charge in [-0.05, 0) is 24.3 Å². The van der Waals surface area contributed by atoms with Gasteiger partial charge in [0.2, 0.25) is 10.0 Å². The van der Waals surface area contributed by atoms with E-state index in [1.54, 1.807) is 31.4 Å². The minimum atomic E-state index is -3.43. The van der Waals surface area contributed by atoms with Crippen LogP contribution >= 0.6 is 0 Å². The summed E-state index contributed by atoms with van der Waals surface area (Å²) in [5.41, 5.74) is 0. The molecular formula is C13H21N3O3S. The summed E-state index contributed by atoms with van der Waals surface area (Å²) in [6.07, 6.45) is 0. The highest BCUT2D eigenvalue weighted by Crippen LogP contribution is 2.15. The highest BCUT2D eigenvalue weighted by atomic mass is 32.2. The monoisotopic (exact) mass is 299 g/mol. The van der Waals surface area contributed by atoms with Gasteiger partial charge in [-0.1, -0.05) is 0 Å². The zero-order valence-corrected chi connectivity index (χ0v) is 12.4. The van der Waals surface area contributed by atoms with E-state index in [9.17, 15) is 8.42 Å². The zero-order chi connectivity index (χ0) is 14.4. The summed E-state index contributed by atoms with van der Waals surface area (Å²) in [5.74, 6) is 0.643. The first kappa shape index (κ1) is 15.2. The molecule has 112 valence electrons. The van der Waals surface area contributed by atoms with Gasteiger partial charge in [0.15, 0.2) is 0 Å². The molecule has 2 rings (SSSR count). The number of rotatable bonds is 6. The molecule has 1 aliphatic heterocycles. The second kappa shape index (κ2) is 7.03. The van der Waals surface area contributed by atoms with E-state index in [4.69, 9.17) is 4.74 Å². The van der Waals surface area contributed by atoms with Gasteiger partial charge < -0.3 is 10.1 Å². The van der Waals surface area contributed by atoms with E-state index in [0.717, 1.165) is 32.7 Å². The van der Waals surface area contributed by atoms with Gasteiger partial charge in [-0.3, -0.25) is 4.90 Å². The second-order valence-electron chi connectivity index (χ2n) is 4.66. The second-order valence-corrected chi connectivity index (χ2v) is 6.43. The van der Waals surface area contributed by atoms with E-state index in [1.807, 2.05) is 0 Å². The molecule has 6 nitrogen and oxygen atoms in total. The Kier molecular flexibility index (Phi) is 5.36. The van der Waals surface area contributed by atoms with Crippen LogP contribution in [0.15, 0.2) is 29.2 Å². The number of nitrogens with zero attached hydrogens (tertiary/aromatic N) is 1. The van der Waals surface area contributed by atoms with Crippen molar-refractivity contribution in [3.63, 3.8) is 0 Å². The summed E-state index contributed by atoms with van der Waals surface area (Å²) in [6, 6.07) is 6.38. The van der Waals surface area contributed by atoms with Crippen LogP contribution in [-0.4, -0.2) is 59.7 Å². The van der Waals surface area contributed by atoms with Crippen LogP contribution in [0.1, 0.15) is 0 Å². The molecular weight excluding hydrogens is 278 g/mol. The number of methoxy groups -OCH3 is 1. The molecule has 1 aliphatic rings. The van der Waals surface area contributed by atoms with Crippen LogP contribution < -0.4 is 14.8 Å². The topological polar surface area (TPSA) is 70.7 Å². The average Bonchev–Trinajstić information content (AvgIpc) is 2.48. The molecule has 0 atom stereocenters. The fraction of sp³-hybridized carbons (Fsp3) is 0.538. The van der Waals surface area contributed by atoms with Gasteiger partial charge in [0.1, 0.15) is 5.75 Å². The van der Waals surface area contributed by atoms with E-state index in [1.165, 1.54) is 0 Å². The van der Waals surface area contributed by atoms with Crippen molar-refractivity contribution in [1.82, 2.24) is 14.9 Å². The van der Waals surface area contributed by atoms with Gasteiger partial charge in [-0.2, -0.15) is 0 Å². The quantitative estimate of drug-likeness (QED) is 0.766. The van der Waals surface area contributed by atoms with Crippen molar-refractivity contribution in [3.8, 4) is 5.75 Å². The minimum Gasteiger partial charge on any atom is -0.497 e. The van der Waals surface area contributed by atoms with Crippen LogP contribution in [0.4, 0.5) is 0 Å². The maximum absolute atomic E-state index is 12.1. The van der Waals surface area contributed by atoms with E-state index in [0.29, 0.717) is 12.3 Å². The van der Waals surface area contributed by atoms with Crippen LogP contribution in [0.2, 0.25) is 0 Å². The number of benzene rings is 1. The SMILES string of the molecule is COc1ccc(S(=O)(=O)NCCN2CCNCC2)cc1. The maximum Gasteiger partial charge on any atom is 0.240 e. The first-order valence-corrected chi connectivity index (χ1v) is 8.17. The first-order valence-electron chi connectivity index (χ1n) is 6.68. The lowest BCUT2D eigenvalue weighted by atomic mass is 10.3. The van der Waals surface area contributed by atoms with E-state index < -0.39 is 10.0 Å². The Morgan fingerprint density at radius 1 is 1.25 bits per heavy atom. The normalized spacial score (nSPS) is 17.1. The Bertz CT molecular complexity index is 510. The molecule has 0 amide bonds. The standard InChI is InChI=1S/C13H21N3O3S/c1-19-12-2-4-13(5-3-12)20(17,18)15-8-11-16-9-6-14-7-10-16/h2-5,14-15H,6-11H2,1H3. The molecule has 0 spiro atoms. The lowest BCUT2D eigenvalue weighted by molar-refractivity contribution is 0.245. The molecule has 0 aromatic heterocycles. The molecule has 0 bridgehead atoms. The summed E-state index contributed by atoms with van der Waals surface area (Å²) in [6.45, 7) is 5.01. The molecule has 1 saturated heterocycles. The van der Waals surface area contributed by atoms with Gasteiger partial charge in [0.05, 0.1) is 12.0 Å². The Labute approximate surface area is 120 Å². The third-order valence-corrected chi connectivity index (χ3v) is 4.78. The predicted molar refractivity (Wildman–Crippen MR) is 77.5 cm³/mol. The molecule has 7 heteroatoms. The smallest absolute Gasteiger partial charge is 0.240 e. The first-order chi connectivity index (χ1) is 9.62. The van der Waals surface area contributed by atoms with Crippen LogP contribution in [0, 0.1) is 0 Å². The minimum absolute atomic E-state index is 0.263. The van der Waals surface area contributed by atoms with Crippen molar-refractivity contribution in [2.24, 2.45) is 0 Å². The van der Waals surface area contributed by atoms with Crippen LogP contribution in [0.25, 0.3) is 0 Å². The number of piperazine rings is 1. The van der Waals surface area contributed by atoms with Gasteiger partial charge >= 0.3 is 0 Å². The fourth-order valence-corrected chi connectivity index (χ4v) is 3.13. The van der Waals surface area contributed by atoms with Gasteiger partial charge in [0.25, 0.3) is 0 Å². The Morgan fingerprint density at radius 2 is 1.90 bits per heavy atom. The van der Waals surface area contributed by atoms with Crippen LogP contribution in [0.3, 0.4) is 0 Å². The Balaban J connectivity index is 1.86. The molecule has 1 aromatic rings. The lowest BCUT2D eigenvalue weighted by Gasteiger charge is -2.27. The van der Waals surface area contributed by atoms with Crippen molar-refractivity contribution in [1.29, 1.82) is 0 Å². The lowest BCUT2D eigenvalue weighted by Crippen LogP contribution is -2.46. The fourth-order valence-electron chi connectivity index (χ4n) is 2.11. The van der Waals surface area contributed by atoms with Gasteiger partial charge in [-0.25, -0.2) is 13.1 Å². The van der Waals surface area contributed by atoms with Crippen molar-refractivity contribution in [2.45, 2.75) is 4.90 Å². The third kappa shape index (κ3) is 4.17. The highest BCUT2D eigenvalue weighted by Gasteiger charge is 2.15. The van der Waals surface area contributed by atoms with Crippen molar-refractivity contribution >= 4 is 10.0 Å². The van der Waals surface area contributed by atoms with E-state index in [-0.39, 0.29) is 4.90 Å². The van der Waals surface area contributed by atoms with Crippen LogP contribution in [0.5, 0.6) is 5.75 Å². The van der Waals surface area contributed by atoms with Crippen LogP contribution in [-0.2, 0) is 10.0 Å². The van der Waals surface area contributed by atoms with Crippen molar-refractivity contribution < 1.29 is 13.2 Å². The molecule has 20 heavy (non-hydrogen) atoms. The number of hydrogen-bond donors (Lipinski definition) is 2. The number of sulfonamides is 1. The number of hydrogen-bond acceptors (Lipinski definition) is 5. The average molecular weight is 299 g/mol. The summed E-state index contributed by atoms with van der Waals surface area (Å²) in [4.78, 5) is 2.51. The molecule has 0 unspecified atom stereocenters. The summed E-state index contributed by atoms with van der Waals surface area (Å²) in [5, 5.41) is 3.27. The largest absolute Gasteiger partial charge is 0.497 e. The molecule has 2 N–H and O–H groups in total. The molecule has 1 heterocycles. The zero-order valence-electron chi connectivity index (χ0n) is 11.6. The third-order valence-electron chi connectivity index (χ3n) is 3.30. The molecule has 0 saturated carbocycles. The number of nitrogens with one attached hydrogen (secondary N) is 2. The molecule has 0 aliphatic carbocycles. The van der Waals surface area contributed by atoms with Crippen molar-refractivity contribution in [2.75, 3.05) is 46.4 Å². The van der Waals surface area contributed by atoms with Gasteiger partial charge in [0, 0.05) is 39.3 Å². The summed E-state index contributed by atoms with van der Waals surface area (Å²) >= 11 is 0. The van der Waals surface area contributed by atoms with Gasteiger partial charge in [-0.15, -0.1) is 0 Å². The Morgan fingerprint density at radius 3 is 2.50 bits per heavy atom. The van der Waals surface area contributed by atoms with E-state index in [2.05, 4.69) is 14.9 Å². The molecule has 0 radical (unpaired) electrons.